The summed E-state index contributed by atoms with van der Waals surface area (Å²) in [6.07, 6.45) is 1.21. The molecule has 0 spiro atoms. The molecule has 33 heavy (non-hydrogen) atoms. The molecular formula is C24H21ClN4O2S2. The minimum Gasteiger partial charge on any atom is -0.288 e. The molecule has 0 saturated heterocycles. The number of benzene rings is 2. The maximum Gasteiger partial charge on any atom is 0.175 e. The van der Waals surface area contributed by atoms with Crippen molar-refractivity contribution in [3.05, 3.63) is 77.4 Å². The summed E-state index contributed by atoms with van der Waals surface area (Å²) in [7, 11) is -1.42. The van der Waals surface area contributed by atoms with Crippen LogP contribution in [0.1, 0.15) is 5.69 Å². The zero-order valence-corrected chi connectivity index (χ0v) is 20.5. The summed E-state index contributed by atoms with van der Waals surface area (Å²) in [6, 6.07) is 22.6. The van der Waals surface area contributed by atoms with E-state index in [2.05, 4.69) is 6.07 Å². The molecule has 0 unspecified atom stereocenters. The molecule has 4 rings (SSSR count). The summed E-state index contributed by atoms with van der Waals surface area (Å²) in [4.78, 5) is 4.10. The average molecular weight is 497 g/mol. The van der Waals surface area contributed by atoms with E-state index < -0.39 is 9.84 Å². The van der Waals surface area contributed by atoms with Crippen LogP contribution in [-0.2, 0) is 16.4 Å². The van der Waals surface area contributed by atoms with E-state index in [4.69, 9.17) is 22.0 Å². The molecule has 2 heterocycles. The number of sulfone groups is 1. The molecule has 2 aromatic carbocycles. The largest absolute Gasteiger partial charge is 0.288 e. The first-order valence-electron chi connectivity index (χ1n) is 10.1. The van der Waals surface area contributed by atoms with Crippen LogP contribution in [0.15, 0.2) is 71.6 Å². The predicted molar refractivity (Wildman–Crippen MR) is 132 cm³/mol. The number of rotatable bonds is 7. The average Bonchev–Trinajstić information content (AvgIpc) is 3.41. The van der Waals surface area contributed by atoms with Crippen molar-refractivity contribution >= 4 is 32.8 Å². The molecule has 0 aliphatic carbocycles. The summed E-state index contributed by atoms with van der Waals surface area (Å²) in [6.45, 7) is 0.820. The van der Waals surface area contributed by atoms with Gasteiger partial charge >= 0.3 is 0 Å². The van der Waals surface area contributed by atoms with Gasteiger partial charge in [0.15, 0.2) is 9.84 Å². The van der Waals surface area contributed by atoms with Crippen LogP contribution in [0.3, 0.4) is 0 Å². The monoisotopic (exact) mass is 496 g/mol. The highest BCUT2D eigenvalue weighted by atomic mass is 35.5. The second-order valence-electron chi connectivity index (χ2n) is 7.68. The maximum absolute atomic E-state index is 12.0. The Hall–Kier alpha value is -2.96. The Bertz CT molecular complexity index is 1450. The first-order valence-corrected chi connectivity index (χ1v) is 13.1. The lowest BCUT2D eigenvalue weighted by Gasteiger charge is -2.10. The van der Waals surface area contributed by atoms with Crippen LogP contribution in [0.2, 0.25) is 5.02 Å². The lowest BCUT2D eigenvalue weighted by atomic mass is 10.2. The highest BCUT2D eigenvalue weighted by Gasteiger charge is 2.17. The van der Waals surface area contributed by atoms with Gasteiger partial charge in [0.1, 0.15) is 0 Å². The molecule has 0 aliphatic rings. The molecule has 6 nitrogen and oxygen atoms in total. The SMILES string of the molecule is CN(CC#N)Cc1cc(-c2ccc(-c3cccc(S(C)(=O)=O)c3)s2)n(-c2ccccc2Cl)n1. The van der Waals surface area contributed by atoms with Crippen molar-refractivity contribution in [3.63, 3.8) is 0 Å². The van der Waals surface area contributed by atoms with Gasteiger partial charge in [-0.25, -0.2) is 13.1 Å². The Labute approximate surface area is 202 Å². The number of thiophene rings is 1. The summed E-state index contributed by atoms with van der Waals surface area (Å²) in [5.74, 6) is 0. The van der Waals surface area contributed by atoms with Crippen molar-refractivity contribution < 1.29 is 8.42 Å². The van der Waals surface area contributed by atoms with Gasteiger partial charge in [0, 0.05) is 17.7 Å². The summed E-state index contributed by atoms with van der Waals surface area (Å²) < 4.78 is 25.8. The van der Waals surface area contributed by atoms with Gasteiger partial charge in [0.2, 0.25) is 0 Å². The number of halogens is 1. The number of aromatic nitrogens is 2. The Morgan fingerprint density at radius 3 is 2.58 bits per heavy atom. The molecule has 4 aromatic rings. The third kappa shape index (κ3) is 5.18. The quantitative estimate of drug-likeness (QED) is 0.325. The minimum absolute atomic E-state index is 0.291. The van der Waals surface area contributed by atoms with Gasteiger partial charge < -0.3 is 0 Å². The van der Waals surface area contributed by atoms with Crippen LogP contribution < -0.4 is 0 Å². The van der Waals surface area contributed by atoms with Crippen LogP contribution >= 0.6 is 22.9 Å². The summed E-state index contributed by atoms with van der Waals surface area (Å²) in [5, 5.41) is 14.3. The number of hydrogen-bond donors (Lipinski definition) is 0. The van der Waals surface area contributed by atoms with Gasteiger partial charge in [-0.15, -0.1) is 11.3 Å². The first kappa shape index (κ1) is 23.2. The van der Waals surface area contributed by atoms with Crippen LogP contribution in [0.5, 0.6) is 0 Å². The minimum atomic E-state index is -3.29. The smallest absolute Gasteiger partial charge is 0.175 e. The summed E-state index contributed by atoms with van der Waals surface area (Å²) in [5.41, 5.74) is 3.29. The normalized spacial score (nSPS) is 11.6. The van der Waals surface area contributed by atoms with E-state index in [1.165, 1.54) is 6.26 Å². The molecular weight excluding hydrogens is 476 g/mol. The van der Waals surface area contributed by atoms with E-state index in [1.807, 2.05) is 65.2 Å². The van der Waals surface area contributed by atoms with Gasteiger partial charge in [-0.05, 0) is 55.1 Å². The standard InChI is InChI=1S/C24H21ClN4O2S2/c1-28(13-12-26)16-18-15-22(29(27-18)21-9-4-3-8-20(21)25)24-11-10-23(32-24)17-6-5-7-19(14-17)33(2,30)31/h3-11,14-15H,13,16H2,1-2H3. The van der Waals surface area contributed by atoms with E-state index >= 15 is 0 Å². The van der Waals surface area contributed by atoms with E-state index in [9.17, 15) is 8.42 Å². The van der Waals surface area contributed by atoms with E-state index in [0.29, 0.717) is 23.0 Å². The number of nitriles is 1. The van der Waals surface area contributed by atoms with Crippen molar-refractivity contribution in [2.45, 2.75) is 11.4 Å². The van der Waals surface area contributed by atoms with Gasteiger partial charge in [0.05, 0.1) is 44.5 Å². The van der Waals surface area contributed by atoms with E-state index in [0.717, 1.165) is 32.4 Å². The van der Waals surface area contributed by atoms with E-state index in [-0.39, 0.29) is 0 Å². The molecule has 9 heteroatoms. The van der Waals surface area contributed by atoms with Crippen molar-refractivity contribution in [2.24, 2.45) is 0 Å². The topological polar surface area (TPSA) is 79.0 Å². The zero-order valence-electron chi connectivity index (χ0n) is 18.1. The zero-order chi connectivity index (χ0) is 23.6. The van der Waals surface area contributed by atoms with Crippen molar-refractivity contribution in [1.82, 2.24) is 14.7 Å². The fourth-order valence-corrected chi connectivity index (χ4v) is 5.34. The molecule has 0 radical (unpaired) electrons. The first-order chi connectivity index (χ1) is 15.8. The highest BCUT2D eigenvalue weighted by Crippen LogP contribution is 2.37. The Kier molecular flexibility index (Phi) is 6.68. The molecule has 2 aromatic heterocycles. The van der Waals surface area contributed by atoms with Gasteiger partial charge in [0.25, 0.3) is 0 Å². The maximum atomic E-state index is 12.0. The molecule has 0 aliphatic heterocycles. The van der Waals surface area contributed by atoms with Crippen LogP contribution in [0.25, 0.3) is 26.7 Å². The van der Waals surface area contributed by atoms with Crippen LogP contribution in [0, 0.1) is 11.3 Å². The lowest BCUT2D eigenvalue weighted by Crippen LogP contribution is -2.18. The lowest BCUT2D eigenvalue weighted by molar-refractivity contribution is 0.361. The molecule has 168 valence electrons. The van der Waals surface area contributed by atoms with Gasteiger partial charge in [-0.1, -0.05) is 35.9 Å². The highest BCUT2D eigenvalue weighted by molar-refractivity contribution is 7.90. The van der Waals surface area contributed by atoms with Crippen LogP contribution in [0.4, 0.5) is 0 Å². The second-order valence-corrected chi connectivity index (χ2v) is 11.2. The van der Waals surface area contributed by atoms with Gasteiger partial charge in [-0.3, -0.25) is 4.90 Å². The third-order valence-electron chi connectivity index (χ3n) is 5.02. The fraction of sp³-hybridized carbons (Fsp3) is 0.167. The molecule has 0 bridgehead atoms. The number of hydrogen-bond acceptors (Lipinski definition) is 6. The predicted octanol–water partition coefficient (Wildman–Crippen LogP) is 5.28. The molecule has 0 saturated carbocycles. The Morgan fingerprint density at radius 1 is 1.09 bits per heavy atom. The Balaban J connectivity index is 1.78. The fourth-order valence-electron chi connectivity index (χ4n) is 3.45. The Morgan fingerprint density at radius 2 is 1.85 bits per heavy atom. The third-order valence-corrected chi connectivity index (χ3v) is 7.60. The van der Waals surface area contributed by atoms with E-state index in [1.54, 1.807) is 29.5 Å². The molecule has 0 fully saturated rings. The summed E-state index contributed by atoms with van der Waals surface area (Å²) >= 11 is 8.03. The molecule has 0 atom stereocenters. The number of nitrogens with zero attached hydrogens (tertiary/aromatic N) is 4. The van der Waals surface area contributed by atoms with Crippen molar-refractivity contribution in [1.29, 1.82) is 5.26 Å². The molecule has 0 N–H and O–H groups in total. The van der Waals surface area contributed by atoms with Gasteiger partial charge in [-0.2, -0.15) is 10.4 Å². The molecule has 0 amide bonds. The van der Waals surface area contributed by atoms with Crippen molar-refractivity contribution in [3.8, 4) is 32.8 Å². The van der Waals surface area contributed by atoms with Crippen LogP contribution in [-0.4, -0.2) is 42.9 Å². The van der Waals surface area contributed by atoms with Crippen molar-refractivity contribution in [2.75, 3.05) is 19.8 Å². The second kappa shape index (κ2) is 9.49. The number of para-hydroxylation sites is 1.